The molecule has 0 heterocycles. The molecule has 0 rings (SSSR count). The number of esters is 2. The quantitative estimate of drug-likeness (QED) is 0.0338. The van der Waals surface area contributed by atoms with E-state index in [0.717, 1.165) is 0 Å². The standard InChI is InChI=1S/C36H70N2O14P2/c1-31(2,3)27(53(45)46)37(33(7,8)9)51-23(21-35(13,14)29(41)42)25(39)49-19-17-18-20-50-26(40)24(22-36(15,16)30(43)44)52-38(34(10,11)12)28(54(47)48)32(4,5)6/h23-24,27-28,45-48H,17-22H2,1-16H3,(H,41,42)(H,43,44). The number of carboxylic acids is 2. The minimum Gasteiger partial charge on any atom is -0.481 e. The average molecular weight is 817 g/mol. The van der Waals surface area contributed by atoms with E-state index in [1.165, 1.54) is 37.8 Å². The largest absolute Gasteiger partial charge is 0.481 e. The zero-order valence-electron chi connectivity index (χ0n) is 35.3. The van der Waals surface area contributed by atoms with Crippen molar-refractivity contribution in [2.24, 2.45) is 21.7 Å². The molecule has 18 heteroatoms. The van der Waals surface area contributed by atoms with Crippen LogP contribution in [0.4, 0.5) is 0 Å². The molecule has 0 radical (unpaired) electrons. The summed E-state index contributed by atoms with van der Waals surface area (Å²) in [5.74, 6) is -5.98. The number of carboxylic acid groups (broad SMARTS) is 2. The van der Waals surface area contributed by atoms with E-state index in [4.69, 9.17) is 19.1 Å². The highest BCUT2D eigenvalue weighted by Crippen LogP contribution is 2.49. The van der Waals surface area contributed by atoms with E-state index in [0.29, 0.717) is 0 Å². The Hall–Kier alpha value is -1.58. The van der Waals surface area contributed by atoms with Gasteiger partial charge >= 0.3 is 23.9 Å². The zero-order valence-corrected chi connectivity index (χ0v) is 37.1. The van der Waals surface area contributed by atoms with Crippen molar-refractivity contribution in [1.82, 2.24) is 10.1 Å². The van der Waals surface area contributed by atoms with Crippen LogP contribution in [0.15, 0.2) is 0 Å². The fourth-order valence-corrected chi connectivity index (χ4v) is 7.75. The average Bonchev–Trinajstić information content (AvgIpc) is 2.93. The SMILES string of the molecule is CC(C)(CC(ON(C(P(O)O)C(C)(C)C)C(C)(C)C)C(=O)OCCCCOC(=O)C(CC(C)(C)C(=O)O)ON(C(P(O)O)C(C)(C)C)C(C)(C)C)C(=O)O. The molecule has 0 bridgehead atoms. The van der Waals surface area contributed by atoms with Gasteiger partial charge in [0.25, 0.3) is 0 Å². The number of hydrogen-bond acceptors (Lipinski definition) is 14. The molecule has 0 saturated carbocycles. The number of carbonyl (C=O) groups excluding carboxylic acids is 2. The van der Waals surface area contributed by atoms with Crippen molar-refractivity contribution in [1.29, 1.82) is 0 Å². The van der Waals surface area contributed by atoms with Crippen molar-refractivity contribution in [3.8, 4) is 0 Å². The van der Waals surface area contributed by atoms with E-state index in [-0.39, 0.29) is 38.9 Å². The molecule has 0 aromatic rings. The molecule has 0 amide bonds. The number of nitrogens with zero attached hydrogens (tertiary/aromatic N) is 2. The fourth-order valence-electron chi connectivity index (χ4n) is 5.19. The van der Waals surface area contributed by atoms with Crippen LogP contribution in [0.25, 0.3) is 0 Å². The molecule has 0 fully saturated rings. The Balaban J connectivity index is 6.02. The minimum atomic E-state index is -2.58. The van der Waals surface area contributed by atoms with Gasteiger partial charge in [-0.2, -0.15) is 10.1 Å². The summed E-state index contributed by atoms with van der Waals surface area (Å²) in [7, 11) is -5.17. The second-order valence-electron chi connectivity index (χ2n) is 19.1. The number of ether oxygens (including phenoxy) is 2. The first-order chi connectivity index (χ1) is 24.0. The molecule has 4 atom stereocenters. The van der Waals surface area contributed by atoms with Crippen molar-refractivity contribution in [3.63, 3.8) is 0 Å². The number of unbranched alkanes of at least 4 members (excludes halogenated alkanes) is 1. The molecule has 6 N–H and O–H groups in total. The monoisotopic (exact) mass is 816 g/mol. The van der Waals surface area contributed by atoms with Gasteiger partial charge in [-0.25, -0.2) is 9.59 Å². The van der Waals surface area contributed by atoms with E-state index < -0.39 is 97.1 Å². The summed E-state index contributed by atoms with van der Waals surface area (Å²) < 4.78 is 11.0. The third-order valence-electron chi connectivity index (χ3n) is 8.34. The molecule has 54 heavy (non-hydrogen) atoms. The lowest BCUT2D eigenvalue weighted by molar-refractivity contribution is -0.269. The van der Waals surface area contributed by atoms with Crippen LogP contribution in [0.3, 0.4) is 0 Å². The second kappa shape index (κ2) is 20.2. The van der Waals surface area contributed by atoms with E-state index in [2.05, 4.69) is 0 Å². The summed E-state index contributed by atoms with van der Waals surface area (Å²) in [5.41, 5.74) is -5.97. The Kier molecular flexibility index (Phi) is 19.6. The lowest BCUT2D eigenvalue weighted by atomic mass is 9.87. The number of hydrogen-bond donors (Lipinski definition) is 6. The van der Waals surface area contributed by atoms with Crippen LogP contribution in [-0.2, 0) is 38.3 Å². The van der Waals surface area contributed by atoms with Crippen molar-refractivity contribution in [3.05, 3.63) is 0 Å². The van der Waals surface area contributed by atoms with Crippen LogP contribution in [0.2, 0.25) is 0 Å². The lowest BCUT2D eigenvalue weighted by Crippen LogP contribution is -2.55. The molecule has 318 valence electrons. The van der Waals surface area contributed by atoms with Crippen LogP contribution < -0.4 is 0 Å². The van der Waals surface area contributed by atoms with Gasteiger partial charge in [-0.15, -0.1) is 0 Å². The van der Waals surface area contributed by atoms with Crippen LogP contribution in [0.1, 0.15) is 136 Å². The van der Waals surface area contributed by atoms with Gasteiger partial charge in [0.15, 0.2) is 29.0 Å². The number of aliphatic carboxylic acids is 2. The van der Waals surface area contributed by atoms with Crippen LogP contribution >= 0.6 is 16.8 Å². The summed E-state index contributed by atoms with van der Waals surface area (Å²) in [6.45, 7) is 26.7. The molecule has 0 aliphatic heterocycles. The van der Waals surface area contributed by atoms with E-state index in [1.807, 2.05) is 0 Å². The van der Waals surface area contributed by atoms with Gasteiger partial charge in [0.2, 0.25) is 0 Å². The molecule has 0 aliphatic rings. The van der Waals surface area contributed by atoms with Crippen molar-refractivity contribution in [2.75, 3.05) is 13.2 Å². The predicted octanol–water partition coefficient (Wildman–Crippen LogP) is 5.99. The van der Waals surface area contributed by atoms with Gasteiger partial charge in [0, 0.05) is 23.9 Å². The lowest BCUT2D eigenvalue weighted by Gasteiger charge is -2.47. The Labute approximate surface area is 324 Å². The molecule has 0 aliphatic carbocycles. The number of hydroxylamine groups is 4. The maximum absolute atomic E-state index is 13.4. The van der Waals surface area contributed by atoms with E-state index in [1.54, 1.807) is 83.1 Å². The maximum Gasteiger partial charge on any atom is 0.337 e. The van der Waals surface area contributed by atoms with Gasteiger partial charge in [-0.1, -0.05) is 41.5 Å². The first-order valence-electron chi connectivity index (χ1n) is 18.0. The van der Waals surface area contributed by atoms with Crippen LogP contribution in [0, 0.1) is 21.7 Å². The first-order valence-corrected chi connectivity index (χ1v) is 20.7. The Bertz CT molecular complexity index is 1140. The Morgan fingerprint density at radius 1 is 0.519 bits per heavy atom. The second-order valence-corrected chi connectivity index (χ2v) is 21.4. The number of rotatable bonds is 21. The maximum atomic E-state index is 13.4. The third-order valence-corrected chi connectivity index (χ3v) is 11.2. The van der Waals surface area contributed by atoms with Gasteiger partial charge in [0.1, 0.15) is 11.6 Å². The minimum absolute atomic E-state index is 0.151. The van der Waals surface area contributed by atoms with Gasteiger partial charge in [-0.3, -0.25) is 19.3 Å². The predicted molar refractivity (Wildman–Crippen MR) is 205 cm³/mol. The van der Waals surface area contributed by atoms with Gasteiger partial charge in [-0.05, 0) is 92.9 Å². The summed E-state index contributed by atoms with van der Waals surface area (Å²) in [4.78, 5) is 105. The molecule has 16 nitrogen and oxygen atoms in total. The molecule has 0 aromatic heterocycles. The molecular formula is C36H70N2O14P2. The molecule has 4 unspecified atom stereocenters. The Morgan fingerprint density at radius 3 is 0.963 bits per heavy atom. The smallest absolute Gasteiger partial charge is 0.337 e. The highest BCUT2D eigenvalue weighted by Gasteiger charge is 2.48. The van der Waals surface area contributed by atoms with Crippen molar-refractivity contribution in [2.45, 2.75) is 171 Å². The number of carbonyl (C=O) groups is 4. The van der Waals surface area contributed by atoms with Crippen molar-refractivity contribution < 1.29 is 68.1 Å². The van der Waals surface area contributed by atoms with E-state index >= 15 is 0 Å². The molecule has 0 spiro atoms. The third kappa shape index (κ3) is 16.9. The fraction of sp³-hybridized carbons (Fsp3) is 0.889. The van der Waals surface area contributed by atoms with E-state index in [9.17, 15) is 49.0 Å². The summed E-state index contributed by atoms with van der Waals surface area (Å²) >= 11 is 0. The van der Waals surface area contributed by atoms with Crippen LogP contribution in [0.5, 0.6) is 0 Å². The van der Waals surface area contributed by atoms with Gasteiger partial charge < -0.3 is 39.3 Å². The summed E-state index contributed by atoms with van der Waals surface area (Å²) in [5, 5.41) is 22.3. The normalized spacial score (nSPS) is 16.1. The van der Waals surface area contributed by atoms with Gasteiger partial charge in [0.05, 0.1) is 24.0 Å². The topological polar surface area (TPSA) is 233 Å². The highest BCUT2D eigenvalue weighted by molar-refractivity contribution is 7.46. The molecular weight excluding hydrogens is 746 g/mol. The summed E-state index contributed by atoms with van der Waals surface area (Å²) in [6.07, 6.45) is -3.00. The Morgan fingerprint density at radius 2 is 0.778 bits per heavy atom. The summed E-state index contributed by atoms with van der Waals surface area (Å²) in [6, 6.07) is 0. The van der Waals surface area contributed by atoms with Crippen molar-refractivity contribution >= 4 is 40.6 Å². The molecule has 0 aromatic carbocycles. The highest BCUT2D eigenvalue weighted by atomic mass is 31.2. The zero-order chi connectivity index (χ0) is 43.0. The van der Waals surface area contributed by atoms with Crippen LogP contribution in [-0.4, -0.2) is 112 Å². The first kappa shape index (κ1) is 52.4. The molecule has 0 saturated heterocycles.